The van der Waals surface area contributed by atoms with E-state index >= 15 is 0 Å². The summed E-state index contributed by atoms with van der Waals surface area (Å²) in [6.07, 6.45) is 1.70. The topological polar surface area (TPSA) is 59.0 Å². The molecular weight excluding hydrogens is 258 g/mol. The van der Waals surface area contributed by atoms with Gasteiger partial charge < -0.3 is 19.5 Å². The highest BCUT2D eigenvalue weighted by Gasteiger charge is 2.29. The Bertz CT molecular complexity index is 501. The molecule has 5 nitrogen and oxygen atoms in total. The normalized spacial score (nSPS) is 16.2. The van der Waals surface area contributed by atoms with Gasteiger partial charge in [0.1, 0.15) is 0 Å². The van der Waals surface area contributed by atoms with Crippen LogP contribution in [0.4, 0.5) is 0 Å². The van der Waals surface area contributed by atoms with Gasteiger partial charge in [-0.2, -0.15) is 0 Å². The van der Waals surface area contributed by atoms with Crippen molar-refractivity contribution in [2.75, 3.05) is 20.9 Å². The van der Waals surface area contributed by atoms with E-state index in [2.05, 4.69) is 0 Å². The van der Waals surface area contributed by atoms with Crippen molar-refractivity contribution in [2.24, 2.45) is 0 Å². The Hall–Kier alpha value is -1.75. The summed E-state index contributed by atoms with van der Waals surface area (Å²) in [5.74, 6) is 0.772. The highest BCUT2D eigenvalue weighted by atomic mass is 16.7. The summed E-state index contributed by atoms with van der Waals surface area (Å²) in [6.45, 7) is 2.25. The molecule has 0 aromatic heterocycles. The number of hydrogen-bond donors (Lipinski definition) is 1. The Kier molecular flexibility index (Phi) is 4.18. The average molecular weight is 279 g/mol. The second-order valence-corrected chi connectivity index (χ2v) is 5.65. The van der Waals surface area contributed by atoms with E-state index in [0.717, 1.165) is 29.9 Å². The lowest BCUT2D eigenvalue weighted by Gasteiger charge is -2.35. The molecule has 1 aliphatic heterocycles. The molecule has 1 N–H and O–H groups in total. The first kappa shape index (κ1) is 14.7. The van der Waals surface area contributed by atoms with Crippen molar-refractivity contribution in [3.05, 3.63) is 23.8 Å². The van der Waals surface area contributed by atoms with Crippen molar-refractivity contribution in [2.45, 2.75) is 31.7 Å². The number of carboxylic acid groups (broad SMARTS) is 1. The van der Waals surface area contributed by atoms with Crippen molar-refractivity contribution in [1.82, 2.24) is 4.90 Å². The molecule has 0 aliphatic carbocycles. The Morgan fingerprint density at radius 2 is 2.05 bits per heavy atom. The number of aryl methyl sites for hydroxylation is 1. The van der Waals surface area contributed by atoms with Crippen LogP contribution in [-0.2, 0) is 11.2 Å². The lowest BCUT2D eigenvalue weighted by molar-refractivity contribution is -0.139. The van der Waals surface area contributed by atoms with Crippen molar-refractivity contribution in [1.29, 1.82) is 0 Å². The summed E-state index contributed by atoms with van der Waals surface area (Å²) >= 11 is 0. The molecule has 0 saturated carbocycles. The average Bonchev–Trinajstić information content (AvgIpc) is 2.82. The predicted octanol–water partition coefficient (Wildman–Crippen LogP) is 2.14. The molecule has 1 atom stereocenters. The summed E-state index contributed by atoms with van der Waals surface area (Å²) in [6, 6.07) is 5.88. The van der Waals surface area contributed by atoms with Gasteiger partial charge in [-0.05, 0) is 51.6 Å². The molecule has 0 saturated heterocycles. The van der Waals surface area contributed by atoms with Gasteiger partial charge in [-0.15, -0.1) is 0 Å². The van der Waals surface area contributed by atoms with E-state index in [9.17, 15) is 4.79 Å². The summed E-state index contributed by atoms with van der Waals surface area (Å²) in [5.41, 5.74) is 0.773. The molecule has 1 aliphatic rings. The van der Waals surface area contributed by atoms with Crippen LogP contribution in [0.5, 0.6) is 11.5 Å². The standard InChI is InChI=1S/C15H21NO4/c1-15(16(2)3,9-14(17)18)7-6-11-4-5-12-13(8-11)20-10-19-12/h4-5,8H,6-7,9-10H2,1-3H3,(H,17,18). The number of carbonyl (C=O) groups is 1. The third-order valence-electron chi connectivity index (χ3n) is 4.00. The van der Waals surface area contributed by atoms with Gasteiger partial charge in [0, 0.05) is 5.54 Å². The molecule has 1 aromatic rings. The van der Waals surface area contributed by atoms with E-state index in [1.54, 1.807) is 0 Å². The molecule has 20 heavy (non-hydrogen) atoms. The number of nitrogens with zero attached hydrogens (tertiary/aromatic N) is 1. The summed E-state index contributed by atoms with van der Waals surface area (Å²) in [4.78, 5) is 13.0. The molecule has 2 rings (SSSR count). The van der Waals surface area contributed by atoms with Gasteiger partial charge in [0.25, 0.3) is 0 Å². The fourth-order valence-electron chi connectivity index (χ4n) is 2.31. The highest BCUT2D eigenvalue weighted by molar-refractivity contribution is 5.68. The minimum absolute atomic E-state index is 0.130. The van der Waals surface area contributed by atoms with Crippen LogP contribution >= 0.6 is 0 Å². The SMILES string of the molecule is CN(C)C(C)(CCc1ccc2c(c1)OCO2)CC(=O)O. The number of carboxylic acids is 1. The van der Waals surface area contributed by atoms with E-state index in [4.69, 9.17) is 14.6 Å². The molecule has 1 aromatic carbocycles. The van der Waals surface area contributed by atoms with Gasteiger partial charge in [-0.3, -0.25) is 4.79 Å². The van der Waals surface area contributed by atoms with Crippen LogP contribution in [0.3, 0.4) is 0 Å². The molecule has 110 valence electrons. The fraction of sp³-hybridized carbons (Fsp3) is 0.533. The van der Waals surface area contributed by atoms with Crippen molar-refractivity contribution >= 4 is 5.97 Å². The maximum atomic E-state index is 11.0. The smallest absolute Gasteiger partial charge is 0.305 e. The maximum Gasteiger partial charge on any atom is 0.305 e. The lowest BCUT2D eigenvalue weighted by atomic mass is 9.88. The van der Waals surface area contributed by atoms with Crippen LogP contribution in [-0.4, -0.2) is 42.4 Å². The number of ether oxygens (including phenoxy) is 2. The molecule has 0 spiro atoms. The quantitative estimate of drug-likeness (QED) is 0.864. The Morgan fingerprint density at radius 1 is 1.35 bits per heavy atom. The fourth-order valence-corrected chi connectivity index (χ4v) is 2.31. The third-order valence-corrected chi connectivity index (χ3v) is 4.00. The Balaban J connectivity index is 2.04. The van der Waals surface area contributed by atoms with Gasteiger partial charge in [-0.25, -0.2) is 0 Å². The van der Waals surface area contributed by atoms with Crippen molar-refractivity contribution < 1.29 is 19.4 Å². The highest BCUT2D eigenvalue weighted by Crippen LogP contribution is 2.33. The Morgan fingerprint density at radius 3 is 2.70 bits per heavy atom. The molecule has 0 fully saturated rings. The van der Waals surface area contributed by atoms with Gasteiger partial charge in [0.2, 0.25) is 6.79 Å². The number of rotatable bonds is 6. The minimum Gasteiger partial charge on any atom is -0.481 e. The molecule has 0 amide bonds. The van der Waals surface area contributed by atoms with Crippen LogP contribution < -0.4 is 9.47 Å². The van der Waals surface area contributed by atoms with E-state index in [1.807, 2.05) is 44.1 Å². The molecule has 5 heteroatoms. The van der Waals surface area contributed by atoms with Crippen molar-refractivity contribution in [3.8, 4) is 11.5 Å². The minimum atomic E-state index is -0.771. The number of hydrogen-bond acceptors (Lipinski definition) is 4. The van der Waals surface area contributed by atoms with Gasteiger partial charge >= 0.3 is 5.97 Å². The molecule has 1 unspecified atom stereocenters. The largest absolute Gasteiger partial charge is 0.481 e. The summed E-state index contributed by atoms with van der Waals surface area (Å²) < 4.78 is 10.6. The van der Waals surface area contributed by atoms with Crippen molar-refractivity contribution in [3.63, 3.8) is 0 Å². The van der Waals surface area contributed by atoms with Crippen LogP contribution in [0.2, 0.25) is 0 Å². The molecule has 1 heterocycles. The van der Waals surface area contributed by atoms with Gasteiger partial charge in [-0.1, -0.05) is 6.07 Å². The van der Waals surface area contributed by atoms with E-state index in [-0.39, 0.29) is 18.8 Å². The third kappa shape index (κ3) is 3.22. The zero-order valence-electron chi connectivity index (χ0n) is 12.2. The first-order chi connectivity index (χ1) is 9.40. The van der Waals surface area contributed by atoms with Crippen LogP contribution in [0, 0.1) is 0 Å². The Labute approximate surface area is 119 Å². The molecular formula is C15H21NO4. The second-order valence-electron chi connectivity index (χ2n) is 5.65. The second kappa shape index (κ2) is 5.71. The maximum absolute atomic E-state index is 11.0. The summed E-state index contributed by atoms with van der Waals surface area (Å²) in [5, 5.41) is 9.06. The summed E-state index contributed by atoms with van der Waals surface area (Å²) in [7, 11) is 3.84. The van der Waals surface area contributed by atoms with Crippen LogP contribution in [0.1, 0.15) is 25.3 Å². The number of aliphatic carboxylic acids is 1. The van der Waals surface area contributed by atoms with E-state index < -0.39 is 5.97 Å². The lowest BCUT2D eigenvalue weighted by Crippen LogP contribution is -2.43. The predicted molar refractivity (Wildman–Crippen MR) is 75.2 cm³/mol. The first-order valence-electron chi connectivity index (χ1n) is 6.68. The molecule has 0 bridgehead atoms. The number of benzene rings is 1. The van der Waals surface area contributed by atoms with E-state index in [0.29, 0.717) is 0 Å². The van der Waals surface area contributed by atoms with Crippen LogP contribution in [0.25, 0.3) is 0 Å². The zero-order chi connectivity index (χ0) is 14.8. The van der Waals surface area contributed by atoms with Gasteiger partial charge in [0.15, 0.2) is 11.5 Å². The first-order valence-corrected chi connectivity index (χ1v) is 6.68. The molecule has 0 radical (unpaired) electrons. The van der Waals surface area contributed by atoms with E-state index in [1.165, 1.54) is 0 Å². The van der Waals surface area contributed by atoms with Gasteiger partial charge in [0.05, 0.1) is 6.42 Å². The zero-order valence-corrected chi connectivity index (χ0v) is 12.2. The van der Waals surface area contributed by atoms with Crippen LogP contribution in [0.15, 0.2) is 18.2 Å². The monoisotopic (exact) mass is 279 g/mol. The number of fused-ring (bicyclic) bond motifs is 1.